The standard InChI is InChI=1S/C18H30N2S/c1-3-13-19-18(11-6-7-14(4-2)10-12-18)17-20-15-8-5-9-16(15)21-17/h14,19H,3-13H2,1-2H3. The second kappa shape index (κ2) is 6.78. The highest BCUT2D eigenvalue weighted by Crippen LogP contribution is 2.42. The number of aryl methyl sites for hydroxylation is 2. The molecule has 2 aliphatic rings. The van der Waals surface area contributed by atoms with E-state index in [2.05, 4.69) is 19.2 Å². The zero-order valence-corrected chi connectivity index (χ0v) is 14.5. The van der Waals surface area contributed by atoms with Gasteiger partial charge >= 0.3 is 0 Å². The minimum atomic E-state index is 0.189. The average Bonchev–Trinajstić information content (AvgIpc) is 3.02. The van der Waals surface area contributed by atoms with E-state index in [1.165, 1.54) is 74.9 Å². The number of nitrogens with one attached hydrogen (secondary N) is 1. The van der Waals surface area contributed by atoms with Crippen LogP contribution in [0, 0.1) is 5.92 Å². The van der Waals surface area contributed by atoms with Crippen molar-refractivity contribution in [3.8, 4) is 0 Å². The third-order valence-corrected chi connectivity index (χ3v) is 6.85. The molecule has 3 heteroatoms. The van der Waals surface area contributed by atoms with Gasteiger partial charge in [-0.15, -0.1) is 11.3 Å². The molecule has 0 aliphatic heterocycles. The first-order chi connectivity index (χ1) is 10.3. The van der Waals surface area contributed by atoms with Gasteiger partial charge in [0.1, 0.15) is 5.01 Å². The average molecular weight is 307 g/mol. The number of aromatic nitrogens is 1. The van der Waals surface area contributed by atoms with Crippen molar-refractivity contribution in [3.05, 3.63) is 15.6 Å². The highest BCUT2D eigenvalue weighted by atomic mass is 32.1. The van der Waals surface area contributed by atoms with Gasteiger partial charge in [0.15, 0.2) is 0 Å². The van der Waals surface area contributed by atoms with Gasteiger partial charge in [-0.1, -0.05) is 33.1 Å². The van der Waals surface area contributed by atoms with E-state index in [4.69, 9.17) is 4.98 Å². The zero-order chi connectivity index (χ0) is 14.7. The normalized spacial score (nSPS) is 29.3. The fourth-order valence-electron chi connectivity index (χ4n) is 4.05. The molecular weight excluding hydrogens is 276 g/mol. The fraction of sp³-hybridized carbons (Fsp3) is 0.833. The van der Waals surface area contributed by atoms with E-state index < -0.39 is 0 Å². The molecule has 1 N–H and O–H groups in total. The van der Waals surface area contributed by atoms with E-state index in [-0.39, 0.29) is 5.54 Å². The van der Waals surface area contributed by atoms with Crippen LogP contribution in [0.15, 0.2) is 0 Å². The summed E-state index contributed by atoms with van der Waals surface area (Å²) in [6, 6.07) is 0. The maximum absolute atomic E-state index is 5.09. The van der Waals surface area contributed by atoms with Gasteiger partial charge in [-0.05, 0) is 57.4 Å². The summed E-state index contributed by atoms with van der Waals surface area (Å²) < 4.78 is 0. The van der Waals surface area contributed by atoms with Crippen LogP contribution >= 0.6 is 11.3 Å². The van der Waals surface area contributed by atoms with Gasteiger partial charge in [-0.3, -0.25) is 0 Å². The van der Waals surface area contributed by atoms with Crippen LogP contribution < -0.4 is 5.32 Å². The Hall–Kier alpha value is -0.410. The van der Waals surface area contributed by atoms with Crippen LogP contribution in [0.3, 0.4) is 0 Å². The minimum Gasteiger partial charge on any atom is -0.305 e. The third-order valence-electron chi connectivity index (χ3n) is 5.49. The summed E-state index contributed by atoms with van der Waals surface area (Å²) in [6.07, 6.45) is 13.1. The highest BCUT2D eigenvalue weighted by Gasteiger charge is 2.37. The molecule has 1 aromatic heterocycles. The van der Waals surface area contributed by atoms with Gasteiger partial charge in [-0.2, -0.15) is 0 Å². The first-order valence-corrected chi connectivity index (χ1v) is 9.83. The predicted molar refractivity (Wildman–Crippen MR) is 91.0 cm³/mol. The van der Waals surface area contributed by atoms with E-state index in [9.17, 15) is 0 Å². The van der Waals surface area contributed by atoms with Gasteiger partial charge in [0, 0.05) is 4.88 Å². The smallest absolute Gasteiger partial charge is 0.113 e. The Bertz CT molecular complexity index is 446. The summed E-state index contributed by atoms with van der Waals surface area (Å²) in [5, 5.41) is 5.34. The Balaban J connectivity index is 1.84. The first-order valence-electron chi connectivity index (χ1n) is 9.01. The number of nitrogens with zero attached hydrogens (tertiary/aromatic N) is 1. The summed E-state index contributed by atoms with van der Waals surface area (Å²) in [6.45, 7) is 5.75. The Morgan fingerprint density at radius 2 is 2.10 bits per heavy atom. The van der Waals surface area contributed by atoms with Crippen molar-refractivity contribution in [1.29, 1.82) is 0 Å². The summed E-state index contributed by atoms with van der Waals surface area (Å²) >= 11 is 2.02. The van der Waals surface area contributed by atoms with Crippen LogP contribution in [0.25, 0.3) is 0 Å². The van der Waals surface area contributed by atoms with Crippen molar-refractivity contribution in [3.63, 3.8) is 0 Å². The number of rotatable bonds is 5. The van der Waals surface area contributed by atoms with Crippen molar-refractivity contribution in [1.82, 2.24) is 10.3 Å². The second-order valence-electron chi connectivity index (χ2n) is 6.96. The van der Waals surface area contributed by atoms with Crippen LogP contribution in [-0.2, 0) is 18.4 Å². The van der Waals surface area contributed by atoms with E-state index in [0.29, 0.717) is 0 Å². The molecule has 1 aromatic rings. The van der Waals surface area contributed by atoms with Gasteiger partial charge in [0.25, 0.3) is 0 Å². The van der Waals surface area contributed by atoms with E-state index >= 15 is 0 Å². The van der Waals surface area contributed by atoms with Crippen molar-refractivity contribution < 1.29 is 0 Å². The maximum Gasteiger partial charge on any atom is 0.113 e. The van der Waals surface area contributed by atoms with Crippen LogP contribution in [0.4, 0.5) is 0 Å². The topological polar surface area (TPSA) is 24.9 Å². The lowest BCUT2D eigenvalue weighted by Crippen LogP contribution is -2.42. The van der Waals surface area contributed by atoms with Crippen LogP contribution in [0.5, 0.6) is 0 Å². The lowest BCUT2D eigenvalue weighted by molar-refractivity contribution is 0.284. The Morgan fingerprint density at radius 1 is 1.19 bits per heavy atom. The second-order valence-corrected chi connectivity index (χ2v) is 8.04. The monoisotopic (exact) mass is 306 g/mol. The molecule has 3 rings (SSSR count). The van der Waals surface area contributed by atoms with E-state index in [1.54, 1.807) is 4.88 Å². The quantitative estimate of drug-likeness (QED) is 0.789. The van der Waals surface area contributed by atoms with Crippen LogP contribution in [0.2, 0.25) is 0 Å². The predicted octanol–water partition coefficient (Wildman–Crippen LogP) is 4.82. The van der Waals surface area contributed by atoms with Crippen molar-refractivity contribution in [2.24, 2.45) is 5.92 Å². The number of fused-ring (bicyclic) bond motifs is 1. The highest BCUT2D eigenvalue weighted by molar-refractivity contribution is 7.12. The largest absolute Gasteiger partial charge is 0.305 e. The maximum atomic E-state index is 5.09. The lowest BCUT2D eigenvalue weighted by atomic mass is 9.89. The molecule has 1 heterocycles. The number of thiazole rings is 1. The van der Waals surface area contributed by atoms with Gasteiger partial charge in [0.2, 0.25) is 0 Å². The molecule has 0 bridgehead atoms. The number of hydrogen-bond acceptors (Lipinski definition) is 3. The van der Waals surface area contributed by atoms with Crippen LogP contribution in [0.1, 0.15) is 80.8 Å². The molecule has 0 spiro atoms. The molecule has 0 aromatic carbocycles. The van der Waals surface area contributed by atoms with Crippen molar-refractivity contribution in [2.45, 2.75) is 83.6 Å². The molecule has 1 saturated carbocycles. The zero-order valence-electron chi connectivity index (χ0n) is 13.7. The number of hydrogen-bond donors (Lipinski definition) is 1. The molecule has 2 atom stereocenters. The van der Waals surface area contributed by atoms with E-state index in [1.807, 2.05) is 11.3 Å². The molecule has 0 amide bonds. The molecule has 0 radical (unpaired) electrons. The first kappa shape index (κ1) is 15.5. The molecular formula is C18H30N2S. The molecule has 118 valence electrons. The van der Waals surface area contributed by atoms with Gasteiger partial charge < -0.3 is 5.32 Å². The summed E-state index contributed by atoms with van der Waals surface area (Å²) in [7, 11) is 0. The summed E-state index contributed by atoms with van der Waals surface area (Å²) in [5.41, 5.74) is 1.61. The minimum absolute atomic E-state index is 0.189. The molecule has 2 aliphatic carbocycles. The van der Waals surface area contributed by atoms with E-state index in [0.717, 1.165) is 12.5 Å². The summed E-state index contributed by atoms with van der Waals surface area (Å²) in [5.74, 6) is 0.933. The molecule has 21 heavy (non-hydrogen) atoms. The summed E-state index contributed by atoms with van der Waals surface area (Å²) in [4.78, 5) is 6.67. The molecule has 2 unspecified atom stereocenters. The Labute approximate surface area is 133 Å². The molecule has 2 nitrogen and oxygen atoms in total. The van der Waals surface area contributed by atoms with Gasteiger partial charge in [-0.25, -0.2) is 4.98 Å². The fourth-order valence-corrected chi connectivity index (χ4v) is 5.42. The van der Waals surface area contributed by atoms with Crippen molar-refractivity contribution in [2.75, 3.05) is 6.54 Å². The SMILES string of the molecule is CCCNC1(c2nc3c(s2)CCC3)CCCC(CC)CC1. The molecule has 1 fully saturated rings. The molecule has 0 saturated heterocycles. The van der Waals surface area contributed by atoms with Crippen LogP contribution in [-0.4, -0.2) is 11.5 Å². The lowest BCUT2D eigenvalue weighted by Gasteiger charge is -2.32. The van der Waals surface area contributed by atoms with Crippen molar-refractivity contribution >= 4 is 11.3 Å². The third kappa shape index (κ3) is 3.19. The Morgan fingerprint density at radius 3 is 2.86 bits per heavy atom. The Kier molecular flexibility index (Phi) is 5.00. The van der Waals surface area contributed by atoms with Gasteiger partial charge in [0.05, 0.1) is 11.2 Å².